The third kappa shape index (κ3) is 4.78. The van der Waals surface area contributed by atoms with Gasteiger partial charge in [-0.05, 0) is 54.8 Å². The van der Waals surface area contributed by atoms with E-state index in [1.807, 2.05) is 0 Å². The molecule has 0 aliphatic heterocycles. The lowest BCUT2D eigenvalue weighted by atomic mass is 10.2. The average molecular weight is 390 g/mol. The molecule has 3 rings (SSSR count). The van der Waals surface area contributed by atoms with E-state index >= 15 is 0 Å². The molecule has 8 heteroatoms. The molecule has 2 aromatic rings. The largest absolute Gasteiger partial charge is 0.493 e. The van der Waals surface area contributed by atoms with Crippen molar-refractivity contribution >= 4 is 15.9 Å². The van der Waals surface area contributed by atoms with Gasteiger partial charge in [0.25, 0.3) is 5.91 Å². The summed E-state index contributed by atoms with van der Waals surface area (Å²) >= 11 is 0. The van der Waals surface area contributed by atoms with Gasteiger partial charge in [-0.15, -0.1) is 0 Å². The molecule has 1 aliphatic rings. The predicted molar refractivity (Wildman–Crippen MR) is 101 cm³/mol. The topological polar surface area (TPSA) is 93.7 Å². The number of hydrogen-bond donors (Lipinski definition) is 2. The summed E-state index contributed by atoms with van der Waals surface area (Å²) in [4.78, 5) is 12.1. The van der Waals surface area contributed by atoms with Gasteiger partial charge in [0.2, 0.25) is 10.0 Å². The van der Waals surface area contributed by atoms with E-state index in [4.69, 9.17) is 9.47 Å². The minimum atomic E-state index is -3.70. The molecule has 0 spiro atoms. The fourth-order valence-corrected chi connectivity index (χ4v) is 3.55. The first-order valence-corrected chi connectivity index (χ1v) is 10.0. The van der Waals surface area contributed by atoms with Crippen LogP contribution in [-0.4, -0.2) is 34.6 Å². The first-order valence-electron chi connectivity index (χ1n) is 8.54. The van der Waals surface area contributed by atoms with E-state index in [9.17, 15) is 13.2 Å². The summed E-state index contributed by atoms with van der Waals surface area (Å²) in [7, 11) is -0.644. The molecule has 0 heterocycles. The molecule has 7 nitrogen and oxygen atoms in total. The minimum Gasteiger partial charge on any atom is -0.493 e. The SMILES string of the molecule is COc1ccc(CNS(=O)(=O)c2ccc(C(=O)NC3CC3)cc2)cc1OC. The number of benzene rings is 2. The van der Waals surface area contributed by atoms with E-state index in [-0.39, 0.29) is 23.4 Å². The van der Waals surface area contributed by atoms with Crippen LogP contribution in [0.3, 0.4) is 0 Å². The molecule has 1 fully saturated rings. The second-order valence-electron chi connectivity index (χ2n) is 6.29. The Bertz CT molecular complexity index is 922. The van der Waals surface area contributed by atoms with Crippen LogP contribution < -0.4 is 19.5 Å². The van der Waals surface area contributed by atoms with Crippen LogP contribution in [0.4, 0.5) is 0 Å². The normalized spacial score (nSPS) is 13.9. The highest BCUT2D eigenvalue weighted by molar-refractivity contribution is 7.89. The Hall–Kier alpha value is -2.58. The number of rotatable bonds is 8. The van der Waals surface area contributed by atoms with Gasteiger partial charge in [0.15, 0.2) is 11.5 Å². The Kier molecular flexibility index (Phi) is 5.67. The molecule has 1 amide bonds. The van der Waals surface area contributed by atoms with Crippen LogP contribution in [0.25, 0.3) is 0 Å². The van der Waals surface area contributed by atoms with Crippen molar-refractivity contribution in [3.63, 3.8) is 0 Å². The summed E-state index contributed by atoms with van der Waals surface area (Å²) < 4.78 is 37.9. The van der Waals surface area contributed by atoms with E-state index in [0.29, 0.717) is 17.1 Å². The lowest BCUT2D eigenvalue weighted by Gasteiger charge is -2.11. The number of carbonyl (C=O) groups excluding carboxylic acids is 1. The quantitative estimate of drug-likeness (QED) is 0.720. The van der Waals surface area contributed by atoms with Crippen molar-refractivity contribution < 1.29 is 22.7 Å². The lowest BCUT2D eigenvalue weighted by molar-refractivity contribution is 0.0951. The highest BCUT2D eigenvalue weighted by Crippen LogP contribution is 2.27. The van der Waals surface area contributed by atoms with Gasteiger partial charge in [-0.2, -0.15) is 0 Å². The van der Waals surface area contributed by atoms with Crippen molar-refractivity contribution in [3.8, 4) is 11.5 Å². The summed E-state index contributed by atoms with van der Waals surface area (Å²) in [6, 6.07) is 11.3. The van der Waals surface area contributed by atoms with Crippen LogP contribution in [-0.2, 0) is 16.6 Å². The van der Waals surface area contributed by atoms with Crippen LogP contribution in [0.5, 0.6) is 11.5 Å². The molecule has 1 saturated carbocycles. The second-order valence-corrected chi connectivity index (χ2v) is 8.05. The minimum absolute atomic E-state index is 0.103. The summed E-state index contributed by atoms with van der Waals surface area (Å²) in [5.41, 5.74) is 1.18. The molecule has 27 heavy (non-hydrogen) atoms. The maximum absolute atomic E-state index is 12.5. The Balaban J connectivity index is 1.66. The van der Waals surface area contributed by atoms with Crippen LogP contribution in [0, 0.1) is 0 Å². The number of methoxy groups -OCH3 is 2. The lowest BCUT2D eigenvalue weighted by Crippen LogP contribution is -2.26. The molecular weight excluding hydrogens is 368 g/mol. The average Bonchev–Trinajstić information content (AvgIpc) is 3.50. The zero-order valence-corrected chi connectivity index (χ0v) is 16.0. The maximum atomic E-state index is 12.5. The van der Waals surface area contributed by atoms with Gasteiger partial charge < -0.3 is 14.8 Å². The molecule has 0 radical (unpaired) electrons. The van der Waals surface area contributed by atoms with Gasteiger partial charge in [0.05, 0.1) is 19.1 Å². The summed E-state index contributed by atoms with van der Waals surface area (Å²) in [6.45, 7) is 0.104. The van der Waals surface area contributed by atoms with Crippen LogP contribution in [0.2, 0.25) is 0 Å². The number of sulfonamides is 1. The molecule has 1 aliphatic carbocycles. The van der Waals surface area contributed by atoms with Gasteiger partial charge in [0, 0.05) is 18.2 Å². The number of amides is 1. The number of ether oxygens (including phenoxy) is 2. The smallest absolute Gasteiger partial charge is 0.251 e. The van der Waals surface area contributed by atoms with Gasteiger partial charge in [0.1, 0.15) is 0 Å². The van der Waals surface area contributed by atoms with Gasteiger partial charge in [-0.25, -0.2) is 13.1 Å². The van der Waals surface area contributed by atoms with E-state index < -0.39 is 10.0 Å². The second kappa shape index (κ2) is 7.98. The molecule has 0 aromatic heterocycles. The maximum Gasteiger partial charge on any atom is 0.251 e. The standard InChI is InChI=1S/C19H22N2O5S/c1-25-17-10-3-13(11-18(17)26-2)12-20-27(23,24)16-8-4-14(5-9-16)19(22)21-15-6-7-15/h3-5,8-11,15,20H,6-7,12H2,1-2H3,(H,21,22). The van der Waals surface area contributed by atoms with Crippen molar-refractivity contribution in [1.29, 1.82) is 0 Å². The molecule has 0 bridgehead atoms. The van der Waals surface area contributed by atoms with Crippen LogP contribution in [0.1, 0.15) is 28.8 Å². The third-order valence-electron chi connectivity index (χ3n) is 4.25. The van der Waals surface area contributed by atoms with Crippen molar-refractivity contribution in [3.05, 3.63) is 53.6 Å². The van der Waals surface area contributed by atoms with Crippen molar-refractivity contribution in [1.82, 2.24) is 10.0 Å². The highest BCUT2D eigenvalue weighted by Gasteiger charge is 2.24. The molecule has 144 valence electrons. The summed E-state index contributed by atoms with van der Waals surface area (Å²) in [5.74, 6) is 0.920. The number of hydrogen-bond acceptors (Lipinski definition) is 5. The number of carbonyl (C=O) groups is 1. The van der Waals surface area contributed by atoms with Crippen LogP contribution in [0.15, 0.2) is 47.4 Å². The van der Waals surface area contributed by atoms with E-state index in [1.165, 1.54) is 38.5 Å². The molecule has 0 atom stereocenters. The molecule has 0 unspecified atom stereocenters. The summed E-state index contributed by atoms with van der Waals surface area (Å²) in [6.07, 6.45) is 2.00. The first kappa shape index (κ1) is 19.2. The highest BCUT2D eigenvalue weighted by atomic mass is 32.2. The van der Waals surface area contributed by atoms with Crippen molar-refractivity contribution in [2.24, 2.45) is 0 Å². The van der Waals surface area contributed by atoms with Gasteiger partial charge >= 0.3 is 0 Å². The third-order valence-corrected chi connectivity index (χ3v) is 5.67. The van der Waals surface area contributed by atoms with E-state index in [0.717, 1.165) is 18.4 Å². The van der Waals surface area contributed by atoms with Crippen molar-refractivity contribution in [2.75, 3.05) is 14.2 Å². The van der Waals surface area contributed by atoms with Gasteiger partial charge in [-0.3, -0.25) is 4.79 Å². The zero-order chi connectivity index (χ0) is 19.4. The predicted octanol–water partition coefficient (Wildman–Crippen LogP) is 2.07. The van der Waals surface area contributed by atoms with Crippen molar-refractivity contribution in [2.45, 2.75) is 30.3 Å². The van der Waals surface area contributed by atoms with Crippen LogP contribution >= 0.6 is 0 Å². The molecule has 2 aromatic carbocycles. The molecular formula is C19H22N2O5S. The Morgan fingerprint density at radius 1 is 1.04 bits per heavy atom. The van der Waals surface area contributed by atoms with E-state index in [2.05, 4.69) is 10.0 Å². The Morgan fingerprint density at radius 2 is 1.70 bits per heavy atom. The Labute approximate surface area is 158 Å². The summed E-state index contributed by atoms with van der Waals surface area (Å²) in [5, 5.41) is 2.87. The Morgan fingerprint density at radius 3 is 2.30 bits per heavy atom. The fraction of sp³-hybridized carbons (Fsp3) is 0.316. The fourth-order valence-electron chi connectivity index (χ4n) is 2.53. The monoisotopic (exact) mass is 390 g/mol. The van der Waals surface area contributed by atoms with E-state index in [1.54, 1.807) is 18.2 Å². The zero-order valence-electron chi connectivity index (χ0n) is 15.2. The first-order chi connectivity index (χ1) is 12.9. The number of nitrogens with one attached hydrogen (secondary N) is 2. The molecule has 2 N–H and O–H groups in total. The molecule has 0 saturated heterocycles. The van der Waals surface area contributed by atoms with Gasteiger partial charge in [-0.1, -0.05) is 6.07 Å².